The third kappa shape index (κ3) is 6.62. The molecule has 0 aliphatic heterocycles. The van der Waals surface area contributed by atoms with Crippen LogP contribution in [0.1, 0.15) is 20.8 Å². The largest absolute Gasteiger partial charge is 0.496 e. The SMILES string of the molecule is C=CN=C(Nc1cc(SNC)ccc1N(C)C)C(/C=C(/OC)C(=C)C)=C(C)C. The predicted octanol–water partition coefficient (Wildman–Crippen LogP) is 5.38. The van der Waals surface area contributed by atoms with Crippen LogP contribution in [-0.2, 0) is 4.74 Å². The van der Waals surface area contributed by atoms with Crippen LogP contribution < -0.4 is 14.9 Å². The molecule has 0 aliphatic carbocycles. The van der Waals surface area contributed by atoms with Crippen LogP contribution in [0.4, 0.5) is 11.4 Å². The fourth-order valence-corrected chi connectivity index (χ4v) is 3.06. The molecule has 28 heavy (non-hydrogen) atoms. The van der Waals surface area contributed by atoms with Crippen molar-refractivity contribution in [2.24, 2.45) is 4.99 Å². The summed E-state index contributed by atoms with van der Waals surface area (Å²) < 4.78 is 8.59. The Bertz CT molecular complexity index is 803. The van der Waals surface area contributed by atoms with Gasteiger partial charge < -0.3 is 15.0 Å². The molecule has 0 unspecified atom stereocenters. The zero-order chi connectivity index (χ0) is 21.3. The van der Waals surface area contributed by atoms with Crippen molar-refractivity contribution in [3.8, 4) is 0 Å². The van der Waals surface area contributed by atoms with Crippen LogP contribution in [0.2, 0.25) is 0 Å². The maximum absolute atomic E-state index is 5.48. The molecule has 0 saturated heterocycles. The molecule has 0 spiro atoms. The zero-order valence-corrected chi connectivity index (χ0v) is 18.8. The summed E-state index contributed by atoms with van der Waals surface area (Å²) >= 11 is 1.56. The van der Waals surface area contributed by atoms with Crippen LogP contribution >= 0.6 is 11.9 Å². The lowest BCUT2D eigenvalue weighted by Gasteiger charge is -2.21. The lowest BCUT2D eigenvalue weighted by Crippen LogP contribution is -2.19. The number of anilines is 2. The van der Waals surface area contributed by atoms with E-state index < -0.39 is 0 Å². The summed E-state index contributed by atoms with van der Waals surface area (Å²) in [4.78, 5) is 7.67. The van der Waals surface area contributed by atoms with Crippen molar-refractivity contribution in [2.75, 3.05) is 38.5 Å². The number of benzene rings is 1. The van der Waals surface area contributed by atoms with Gasteiger partial charge in [0.15, 0.2) is 0 Å². The second kappa shape index (κ2) is 11.4. The van der Waals surface area contributed by atoms with Crippen molar-refractivity contribution in [1.29, 1.82) is 0 Å². The van der Waals surface area contributed by atoms with Gasteiger partial charge in [-0.1, -0.05) is 18.7 Å². The summed E-state index contributed by atoms with van der Waals surface area (Å²) in [5, 5.41) is 3.49. The van der Waals surface area contributed by atoms with Crippen molar-refractivity contribution in [3.63, 3.8) is 0 Å². The number of amidine groups is 1. The first kappa shape index (κ1) is 23.6. The van der Waals surface area contributed by atoms with Gasteiger partial charge in [-0.3, -0.25) is 4.72 Å². The normalized spacial score (nSPS) is 11.7. The summed E-state index contributed by atoms with van der Waals surface area (Å²) in [6.07, 6.45) is 3.49. The molecule has 152 valence electrons. The number of methoxy groups -OCH3 is 1. The molecule has 6 heteroatoms. The predicted molar refractivity (Wildman–Crippen MR) is 125 cm³/mol. The summed E-state index contributed by atoms with van der Waals surface area (Å²) in [5.74, 6) is 1.41. The summed E-state index contributed by atoms with van der Waals surface area (Å²) in [6, 6.07) is 6.26. The molecule has 1 aromatic carbocycles. The standard InChI is InChI=1S/C22H32N4OS/c1-10-24-22(18(15(2)3)14-21(27-9)16(4)5)25-19-13-17(28-23-6)11-12-20(19)26(7)8/h10-14,23H,1,4H2,2-3,5-9H3,(H,24,25)/b21-14+. The van der Waals surface area contributed by atoms with Gasteiger partial charge >= 0.3 is 0 Å². The highest BCUT2D eigenvalue weighted by molar-refractivity contribution is 7.97. The number of hydrogen-bond acceptors (Lipinski definition) is 5. The first-order valence-electron chi connectivity index (χ1n) is 8.95. The molecule has 0 radical (unpaired) electrons. The Kier molecular flexibility index (Phi) is 9.62. The van der Waals surface area contributed by atoms with Gasteiger partial charge in [0.2, 0.25) is 0 Å². The fraction of sp³-hybridized carbons (Fsp3) is 0.318. The van der Waals surface area contributed by atoms with Gasteiger partial charge in [-0.25, -0.2) is 4.99 Å². The maximum atomic E-state index is 5.48. The highest BCUT2D eigenvalue weighted by Gasteiger charge is 2.13. The molecule has 0 heterocycles. The van der Waals surface area contributed by atoms with Crippen molar-refractivity contribution in [1.82, 2.24) is 4.72 Å². The van der Waals surface area contributed by atoms with Gasteiger partial charge in [0.25, 0.3) is 0 Å². The second-order valence-corrected chi connectivity index (χ2v) is 7.66. The van der Waals surface area contributed by atoms with E-state index in [1.807, 2.05) is 48.0 Å². The monoisotopic (exact) mass is 400 g/mol. The van der Waals surface area contributed by atoms with Crippen molar-refractivity contribution in [3.05, 3.63) is 66.1 Å². The Balaban J connectivity index is 3.50. The number of nitrogens with one attached hydrogen (secondary N) is 2. The molecule has 0 amide bonds. The molecule has 0 atom stereocenters. The first-order valence-corrected chi connectivity index (χ1v) is 9.76. The van der Waals surface area contributed by atoms with Crippen LogP contribution in [0.25, 0.3) is 0 Å². The number of ether oxygens (including phenoxy) is 1. The third-order valence-corrected chi connectivity index (χ3v) is 4.55. The Morgan fingerprint density at radius 1 is 1.25 bits per heavy atom. The summed E-state index contributed by atoms with van der Waals surface area (Å²) in [6.45, 7) is 13.8. The lowest BCUT2D eigenvalue weighted by molar-refractivity contribution is 0.301. The van der Waals surface area contributed by atoms with E-state index in [2.05, 4.69) is 51.3 Å². The Morgan fingerprint density at radius 2 is 1.93 bits per heavy atom. The molecule has 0 bridgehead atoms. The molecule has 1 aromatic rings. The van der Waals surface area contributed by atoms with Crippen LogP contribution in [0, 0.1) is 0 Å². The smallest absolute Gasteiger partial charge is 0.137 e. The van der Waals surface area contributed by atoms with Crippen LogP contribution in [0.5, 0.6) is 0 Å². The average Bonchev–Trinajstić information content (AvgIpc) is 2.62. The molecule has 0 saturated carbocycles. The van der Waals surface area contributed by atoms with Crippen LogP contribution in [0.15, 0.2) is 76.0 Å². The Labute approximate surface area is 174 Å². The number of hydrogen-bond donors (Lipinski definition) is 2. The highest BCUT2D eigenvalue weighted by Crippen LogP contribution is 2.30. The zero-order valence-electron chi connectivity index (χ0n) is 18.0. The quantitative estimate of drug-likeness (QED) is 0.192. The summed E-state index contributed by atoms with van der Waals surface area (Å²) in [5.41, 5.74) is 4.88. The molecular formula is C22H32N4OS. The van der Waals surface area contributed by atoms with E-state index in [1.165, 1.54) is 6.20 Å². The molecule has 0 aliphatic rings. The average molecular weight is 401 g/mol. The number of aliphatic imine (C=N–C) groups is 1. The van der Waals surface area contributed by atoms with Crippen molar-refractivity contribution in [2.45, 2.75) is 25.7 Å². The minimum atomic E-state index is 0.695. The van der Waals surface area contributed by atoms with Gasteiger partial charge in [-0.05, 0) is 69.6 Å². The van der Waals surface area contributed by atoms with Gasteiger partial charge in [-0.2, -0.15) is 0 Å². The Morgan fingerprint density at radius 3 is 2.39 bits per heavy atom. The van der Waals surface area contributed by atoms with Gasteiger partial charge in [0, 0.05) is 30.8 Å². The van der Waals surface area contributed by atoms with E-state index in [0.717, 1.165) is 33.0 Å². The molecule has 2 N–H and O–H groups in total. The van der Waals surface area contributed by atoms with Gasteiger partial charge in [0.05, 0.1) is 18.5 Å². The van der Waals surface area contributed by atoms with E-state index in [-0.39, 0.29) is 0 Å². The first-order chi connectivity index (χ1) is 13.2. The maximum Gasteiger partial charge on any atom is 0.137 e. The van der Waals surface area contributed by atoms with Crippen molar-refractivity contribution < 1.29 is 4.74 Å². The van der Waals surface area contributed by atoms with Crippen LogP contribution in [0.3, 0.4) is 0 Å². The van der Waals surface area contributed by atoms with E-state index in [4.69, 9.17) is 4.74 Å². The molecule has 1 rings (SSSR count). The minimum absolute atomic E-state index is 0.695. The van der Waals surface area contributed by atoms with E-state index in [9.17, 15) is 0 Å². The van der Waals surface area contributed by atoms with E-state index in [0.29, 0.717) is 11.6 Å². The molecular weight excluding hydrogens is 368 g/mol. The van der Waals surface area contributed by atoms with Crippen LogP contribution in [-0.4, -0.2) is 34.1 Å². The fourth-order valence-electron chi connectivity index (χ4n) is 2.51. The second-order valence-electron chi connectivity index (χ2n) is 6.57. The number of rotatable bonds is 9. The third-order valence-electron chi connectivity index (χ3n) is 3.85. The highest BCUT2D eigenvalue weighted by atomic mass is 32.2. The molecule has 0 aromatic heterocycles. The topological polar surface area (TPSA) is 48.9 Å². The van der Waals surface area contributed by atoms with Gasteiger partial charge in [0.1, 0.15) is 11.6 Å². The van der Waals surface area contributed by atoms with E-state index >= 15 is 0 Å². The summed E-state index contributed by atoms with van der Waals surface area (Å²) in [7, 11) is 7.57. The molecule has 0 fully saturated rings. The lowest BCUT2D eigenvalue weighted by atomic mass is 10.1. The Hall–Kier alpha value is -2.44. The molecule has 5 nitrogen and oxygen atoms in total. The number of allylic oxidation sites excluding steroid dienone is 2. The van der Waals surface area contributed by atoms with Crippen molar-refractivity contribution >= 4 is 29.2 Å². The van der Waals surface area contributed by atoms with E-state index in [1.54, 1.807) is 19.1 Å². The minimum Gasteiger partial charge on any atom is -0.496 e. The van der Waals surface area contributed by atoms with Gasteiger partial charge in [-0.15, -0.1) is 0 Å². The number of nitrogens with zero attached hydrogens (tertiary/aromatic N) is 2.